The molecule has 0 aliphatic heterocycles. The van der Waals surface area contributed by atoms with Gasteiger partial charge in [-0.2, -0.15) is 0 Å². The van der Waals surface area contributed by atoms with Gasteiger partial charge in [-0.1, -0.05) is 51.2 Å². The lowest BCUT2D eigenvalue weighted by molar-refractivity contribution is 0.545. The van der Waals surface area contributed by atoms with Gasteiger partial charge in [-0.15, -0.1) is 12.6 Å². The van der Waals surface area contributed by atoms with Crippen molar-refractivity contribution in [3.8, 4) is 0 Å². The van der Waals surface area contributed by atoms with E-state index in [1.807, 2.05) is 12.1 Å². The van der Waals surface area contributed by atoms with Crippen LogP contribution in [-0.2, 0) is 6.54 Å². The molecule has 0 saturated carbocycles. The van der Waals surface area contributed by atoms with Crippen LogP contribution in [0.15, 0.2) is 29.4 Å². The first-order chi connectivity index (χ1) is 8.83. The molecule has 0 fully saturated rings. The summed E-state index contributed by atoms with van der Waals surface area (Å²) >= 11 is 4.47. The summed E-state index contributed by atoms with van der Waals surface area (Å²) in [7, 11) is 0. The van der Waals surface area contributed by atoms with Crippen LogP contribution in [0.3, 0.4) is 0 Å². The predicted octanol–water partition coefficient (Wildman–Crippen LogP) is 4.69. The topological polar surface area (TPSA) is 17.8 Å². The molecule has 0 saturated heterocycles. The monoisotopic (exact) mass is 262 g/mol. The van der Waals surface area contributed by atoms with Crippen molar-refractivity contribution in [2.45, 2.75) is 57.1 Å². The molecule has 2 nitrogen and oxygen atoms in total. The Labute approximate surface area is 115 Å². The summed E-state index contributed by atoms with van der Waals surface area (Å²) in [6.07, 6.45) is 7.92. The highest BCUT2D eigenvalue weighted by atomic mass is 32.1. The number of para-hydroxylation sites is 2. The third kappa shape index (κ3) is 3.29. The van der Waals surface area contributed by atoms with E-state index in [2.05, 4.69) is 41.2 Å². The van der Waals surface area contributed by atoms with Crippen LogP contribution in [0.5, 0.6) is 0 Å². The molecule has 0 spiro atoms. The Bertz CT molecular complexity index is 490. The van der Waals surface area contributed by atoms with Gasteiger partial charge in [0.25, 0.3) is 0 Å². The van der Waals surface area contributed by atoms with Gasteiger partial charge in [-0.3, -0.25) is 0 Å². The molecule has 1 aromatic heterocycles. The maximum absolute atomic E-state index is 4.47. The number of hydrogen-bond donors (Lipinski definition) is 1. The Morgan fingerprint density at radius 1 is 1.06 bits per heavy atom. The van der Waals surface area contributed by atoms with Gasteiger partial charge in [-0.05, 0) is 18.6 Å². The van der Waals surface area contributed by atoms with Crippen molar-refractivity contribution in [2.75, 3.05) is 0 Å². The van der Waals surface area contributed by atoms with E-state index in [1.54, 1.807) is 0 Å². The van der Waals surface area contributed by atoms with Crippen molar-refractivity contribution >= 4 is 23.7 Å². The van der Waals surface area contributed by atoms with Crippen molar-refractivity contribution in [1.82, 2.24) is 9.55 Å². The van der Waals surface area contributed by atoms with E-state index in [4.69, 9.17) is 0 Å². The van der Waals surface area contributed by atoms with E-state index in [0.717, 1.165) is 17.2 Å². The second kappa shape index (κ2) is 6.83. The largest absolute Gasteiger partial charge is 0.319 e. The number of imidazole rings is 1. The number of rotatable bonds is 7. The fraction of sp³-hybridized carbons (Fsp3) is 0.533. The molecule has 98 valence electrons. The van der Waals surface area contributed by atoms with Gasteiger partial charge < -0.3 is 4.57 Å². The Kier molecular flexibility index (Phi) is 5.12. The SMILES string of the molecule is CCCCCCCCn1c(S)nc2ccccc21. The van der Waals surface area contributed by atoms with Gasteiger partial charge in [0, 0.05) is 6.54 Å². The van der Waals surface area contributed by atoms with E-state index in [9.17, 15) is 0 Å². The number of thiol groups is 1. The summed E-state index contributed by atoms with van der Waals surface area (Å²) in [6.45, 7) is 3.29. The minimum atomic E-state index is 0.838. The number of aromatic nitrogens is 2. The zero-order chi connectivity index (χ0) is 12.8. The van der Waals surface area contributed by atoms with Crippen molar-refractivity contribution in [3.63, 3.8) is 0 Å². The van der Waals surface area contributed by atoms with Crippen LogP contribution in [-0.4, -0.2) is 9.55 Å². The number of hydrogen-bond acceptors (Lipinski definition) is 2. The molecular weight excluding hydrogens is 240 g/mol. The molecular formula is C15H22N2S. The number of nitrogens with zero attached hydrogens (tertiary/aromatic N) is 2. The molecule has 0 radical (unpaired) electrons. The Hall–Kier alpha value is -0.960. The first-order valence-electron chi connectivity index (χ1n) is 6.97. The molecule has 18 heavy (non-hydrogen) atoms. The summed E-state index contributed by atoms with van der Waals surface area (Å²) < 4.78 is 2.22. The van der Waals surface area contributed by atoms with E-state index in [1.165, 1.54) is 44.0 Å². The van der Waals surface area contributed by atoms with E-state index < -0.39 is 0 Å². The first-order valence-corrected chi connectivity index (χ1v) is 7.42. The molecule has 3 heteroatoms. The fourth-order valence-corrected chi connectivity index (χ4v) is 2.65. The lowest BCUT2D eigenvalue weighted by Crippen LogP contribution is -1.98. The third-order valence-electron chi connectivity index (χ3n) is 3.37. The van der Waals surface area contributed by atoms with Crippen LogP contribution in [0.25, 0.3) is 11.0 Å². The molecule has 0 unspecified atom stereocenters. The van der Waals surface area contributed by atoms with Crippen LogP contribution in [0, 0.1) is 0 Å². The number of unbranched alkanes of at least 4 members (excludes halogenated alkanes) is 5. The van der Waals surface area contributed by atoms with Crippen LogP contribution < -0.4 is 0 Å². The summed E-state index contributed by atoms with van der Waals surface area (Å²) in [6, 6.07) is 8.26. The van der Waals surface area contributed by atoms with Gasteiger partial charge in [0.15, 0.2) is 5.16 Å². The van der Waals surface area contributed by atoms with Gasteiger partial charge >= 0.3 is 0 Å². The minimum Gasteiger partial charge on any atom is -0.319 e. The highest BCUT2D eigenvalue weighted by molar-refractivity contribution is 7.80. The minimum absolute atomic E-state index is 0.838. The zero-order valence-corrected chi connectivity index (χ0v) is 12.0. The Balaban J connectivity index is 1.89. The van der Waals surface area contributed by atoms with Gasteiger partial charge in [0.05, 0.1) is 11.0 Å². The van der Waals surface area contributed by atoms with E-state index >= 15 is 0 Å². The van der Waals surface area contributed by atoms with E-state index in [-0.39, 0.29) is 0 Å². The predicted molar refractivity (Wildman–Crippen MR) is 80.4 cm³/mol. The van der Waals surface area contributed by atoms with E-state index in [0.29, 0.717) is 0 Å². The highest BCUT2D eigenvalue weighted by Gasteiger charge is 2.06. The quantitative estimate of drug-likeness (QED) is 0.566. The van der Waals surface area contributed by atoms with Gasteiger partial charge in [0.2, 0.25) is 0 Å². The fourth-order valence-electron chi connectivity index (χ4n) is 2.33. The smallest absolute Gasteiger partial charge is 0.165 e. The second-order valence-corrected chi connectivity index (χ2v) is 5.22. The second-order valence-electron chi connectivity index (χ2n) is 4.82. The Morgan fingerprint density at radius 2 is 1.78 bits per heavy atom. The highest BCUT2D eigenvalue weighted by Crippen LogP contribution is 2.19. The summed E-state index contributed by atoms with van der Waals surface area (Å²) in [5, 5.41) is 0.838. The van der Waals surface area contributed by atoms with Gasteiger partial charge in [0.1, 0.15) is 0 Å². The molecule has 0 N–H and O–H groups in total. The van der Waals surface area contributed by atoms with Crippen LogP contribution in [0.1, 0.15) is 45.4 Å². The number of aryl methyl sites for hydroxylation is 1. The van der Waals surface area contributed by atoms with Crippen LogP contribution in [0.2, 0.25) is 0 Å². The molecule has 1 heterocycles. The molecule has 0 aliphatic rings. The maximum atomic E-state index is 4.47. The van der Waals surface area contributed by atoms with Gasteiger partial charge in [-0.25, -0.2) is 4.98 Å². The zero-order valence-electron chi connectivity index (χ0n) is 11.1. The number of fused-ring (bicyclic) bond motifs is 1. The normalized spacial score (nSPS) is 11.2. The van der Waals surface area contributed by atoms with Crippen LogP contribution in [0.4, 0.5) is 0 Å². The lowest BCUT2D eigenvalue weighted by atomic mass is 10.1. The van der Waals surface area contributed by atoms with Crippen LogP contribution >= 0.6 is 12.6 Å². The molecule has 2 aromatic rings. The van der Waals surface area contributed by atoms with Crippen molar-refractivity contribution < 1.29 is 0 Å². The molecule has 0 bridgehead atoms. The summed E-state index contributed by atoms with van der Waals surface area (Å²) in [5.41, 5.74) is 2.25. The molecule has 0 aliphatic carbocycles. The third-order valence-corrected chi connectivity index (χ3v) is 3.71. The number of benzene rings is 1. The average Bonchev–Trinajstić information content (AvgIpc) is 2.70. The van der Waals surface area contributed by atoms with Crippen molar-refractivity contribution in [1.29, 1.82) is 0 Å². The first kappa shape index (κ1) is 13.5. The molecule has 0 atom stereocenters. The maximum Gasteiger partial charge on any atom is 0.165 e. The summed E-state index contributed by atoms with van der Waals surface area (Å²) in [5.74, 6) is 0. The molecule has 2 rings (SSSR count). The Morgan fingerprint density at radius 3 is 2.61 bits per heavy atom. The molecule has 1 aromatic carbocycles. The standard InChI is InChI=1S/C15H22N2S/c1-2-3-4-5-6-9-12-17-14-11-8-7-10-13(14)16-15(17)18/h7-8,10-11H,2-6,9,12H2,1H3,(H,16,18). The van der Waals surface area contributed by atoms with Crippen molar-refractivity contribution in [2.24, 2.45) is 0 Å². The molecule has 0 amide bonds. The van der Waals surface area contributed by atoms with Crippen molar-refractivity contribution in [3.05, 3.63) is 24.3 Å². The average molecular weight is 262 g/mol. The lowest BCUT2D eigenvalue weighted by Gasteiger charge is -2.06. The summed E-state index contributed by atoms with van der Waals surface area (Å²) in [4.78, 5) is 4.47.